The number of rotatable bonds is 10. The zero-order valence-electron chi connectivity index (χ0n) is 16.0. The molecule has 0 aliphatic heterocycles. The van der Waals surface area contributed by atoms with Crippen LogP contribution in [-0.4, -0.2) is 41.0 Å². The molecule has 148 valence electrons. The predicted molar refractivity (Wildman–Crippen MR) is 111 cm³/mol. The molecule has 2 heterocycles. The van der Waals surface area contributed by atoms with Crippen LogP contribution in [0.4, 0.5) is 0 Å². The van der Waals surface area contributed by atoms with Crippen molar-refractivity contribution in [1.82, 2.24) is 29.5 Å². The van der Waals surface area contributed by atoms with E-state index in [0.717, 1.165) is 21.8 Å². The fraction of sp³-hybridized carbons (Fsp3) is 0.700. The van der Waals surface area contributed by atoms with Crippen molar-refractivity contribution in [2.24, 2.45) is 0 Å². The fourth-order valence-electron chi connectivity index (χ4n) is 3.75. The van der Waals surface area contributed by atoms with E-state index < -0.39 is 0 Å². The standard InChI is InChI=1S/C20H26N6S2/c1(11-27-19-23-21-17(13-3-4-13)25(19)15-7-8-15)2-12-28-20-24-22-18(14-5-6-14)26(20)16-9-10-16/h1-2,13-16H,3-12H2/b2-1+. The van der Waals surface area contributed by atoms with Crippen molar-refractivity contribution in [3.63, 3.8) is 0 Å². The van der Waals surface area contributed by atoms with Crippen LogP contribution in [0.3, 0.4) is 0 Å². The Labute approximate surface area is 174 Å². The molecule has 2 aromatic heterocycles. The van der Waals surface area contributed by atoms with Gasteiger partial charge in [-0.3, -0.25) is 0 Å². The molecule has 4 fully saturated rings. The normalized spacial score (nSPS) is 22.4. The highest BCUT2D eigenvalue weighted by Crippen LogP contribution is 2.47. The molecular weight excluding hydrogens is 388 g/mol. The quantitative estimate of drug-likeness (QED) is 0.413. The van der Waals surface area contributed by atoms with Gasteiger partial charge in [-0.2, -0.15) is 0 Å². The van der Waals surface area contributed by atoms with Crippen LogP contribution in [0.1, 0.15) is 86.9 Å². The number of thioether (sulfide) groups is 2. The molecule has 4 aliphatic carbocycles. The first kappa shape index (κ1) is 17.6. The van der Waals surface area contributed by atoms with E-state index in [-0.39, 0.29) is 0 Å². The molecule has 0 aromatic carbocycles. The molecule has 0 atom stereocenters. The third-order valence-electron chi connectivity index (χ3n) is 5.87. The molecule has 0 amide bonds. The molecule has 0 bridgehead atoms. The Bertz CT molecular complexity index is 814. The Kier molecular flexibility index (Phi) is 4.52. The Morgan fingerprint density at radius 2 is 1.07 bits per heavy atom. The van der Waals surface area contributed by atoms with Crippen LogP contribution < -0.4 is 0 Å². The van der Waals surface area contributed by atoms with Gasteiger partial charge >= 0.3 is 0 Å². The summed E-state index contributed by atoms with van der Waals surface area (Å²) in [6, 6.07) is 1.34. The highest BCUT2D eigenvalue weighted by Gasteiger charge is 2.37. The lowest BCUT2D eigenvalue weighted by atomic mass is 10.4. The van der Waals surface area contributed by atoms with Crippen molar-refractivity contribution in [1.29, 1.82) is 0 Å². The van der Waals surface area contributed by atoms with E-state index in [1.807, 2.05) is 23.5 Å². The molecule has 28 heavy (non-hydrogen) atoms. The number of nitrogens with zero attached hydrogens (tertiary/aromatic N) is 6. The average molecular weight is 415 g/mol. The lowest BCUT2D eigenvalue weighted by molar-refractivity contribution is 0.627. The smallest absolute Gasteiger partial charge is 0.191 e. The van der Waals surface area contributed by atoms with E-state index in [2.05, 4.69) is 41.7 Å². The van der Waals surface area contributed by atoms with E-state index in [0.29, 0.717) is 23.9 Å². The van der Waals surface area contributed by atoms with Gasteiger partial charge in [-0.25, -0.2) is 0 Å². The summed E-state index contributed by atoms with van der Waals surface area (Å²) in [5.74, 6) is 5.76. The summed E-state index contributed by atoms with van der Waals surface area (Å²) in [5.41, 5.74) is 0. The van der Waals surface area contributed by atoms with Crippen molar-refractivity contribution in [3.8, 4) is 0 Å². The number of hydrogen-bond acceptors (Lipinski definition) is 6. The van der Waals surface area contributed by atoms with Gasteiger partial charge in [-0.15, -0.1) is 20.4 Å². The monoisotopic (exact) mass is 414 g/mol. The molecule has 0 radical (unpaired) electrons. The van der Waals surface area contributed by atoms with Crippen LogP contribution in [0.2, 0.25) is 0 Å². The molecule has 0 saturated heterocycles. The van der Waals surface area contributed by atoms with Gasteiger partial charge in [0, 0.05) is 35.4 Å². The lowest BCUT2D eigenvalue weighted by Gasteiger charge is -2.07. The van der Waals surface area contributed by atoms with Gasteiger partial charge in [0.1, 0.15) is 11.6 Å². The molecular formula is C20H26N6S2. The largest absolute Gasteiger partial charge is 0.303 e. The van der Waals surface area contributed by atoms with Crippen molar-refractivity contribution in [3.05, 3.63) is 23.8 Å². The zero-order valence-corrected chi connectivity index (χ0v) is 17.7. The molecule has 0 unspecified atom stereocenters. The summed E-state index contributed by atoms with van der Waals surface area (Å²) in [7, 11) is 0. The van der Waals surface area contributed by atoms with Gasteiger partial charge in [0.15, 0.2) is 10.3 Å². The van der Waals surface area contributed by atoms with E-state index >= 15 is 0 Å². The zero-order chi connectivity index (χ0) is 18.5. The van der Waals surface area contributed by atoms with Gasteiger partial charge in [0.05, 0.1) is 0 Å². The lowest BCUT2D eigenvalue weighted by Crippen LogP contribution is -2.02. The number of aromatic nitrogens is 6. The van der Waals surface area contributed by atoms with Crippen LogP contribution in [0, 0.1) is 0 Å². The molecule has 0 spiro atoms. The fourth-order valence-corrected chi connectivity index (χ4v) is 5.47. The third-order valence-corrected chi connectivity index (χ3v) is 7.67. The van der Waals surface area contributed by atoms with E-state index in [4.69, 9.17) is 0 Å². The van der Waals surface area contributed by atoms with E-state index in [1.165, 1.54) is 63.0 Å². The van der Waals surface area contributed by atoms with Gasteiger partial charge in [-0.1, -0.05) is 35.7 Å². The second kappa shape index (κ2) is 7.20. The topological polar surface area (TPSA) is 61.4 Å². The SMILES string of the molecule is C(=C\CSc1nnc(C2CC2)n1C1CC1)/CSc1nnc(C2CC2)n1C1CC1. The summed E-state index contributed by atoms with van der Waals surface area (Å²) in [6.45, 7) is 0. The maximum atomic E-state index is 4.49. The molecule has 4 aliphatic rings. The summed E-state index contributed by atoms with van der Waals surface area (Å²) in [6.07, 6.45) is 14.9. The van der Waals surface area contributed by atoms with Crippen molar-refractivity contribution >= 4 is 23.5 Å². The van der Waals surface area contributed by atoms with Gasteiger partial charge in [-0.05, 0) is 51.4 Å². The van der Waals surface area contributed by atoms with E-state index in [1.54, 1.807) is 0 Å². The van der Waals surface area contributed by atoms with E-state index in [9.17, 15) is 0 Å². The molecule has 4 saturated carbocycles. The molecule has 0 N–H and O–H groups in total. The predicted octanol–water partition coefficient (Wildman–Crippen LogP) is 4.73. The minimum atomic E-state index is 0.669. The van der Waals surface area contributed by atoms with Gasteiger partial charge in [0.2, 0.25) is 0 Å². The van der Waals surface area contributed by atoms with Gasteiger partial charge < -0.3 is 9.13 Å². The van der Waals surface area contributed by atoms with Crippen molar-refractivity contribution < 1.29 is 0 Å². The van der Waals surface area contributed by atoms with Crippen molar-refractivity contribution in [2.45, 2.75) is 85.6 Å². The Morgan fingerprint density at radius 1 is 0.643 bits per heavy atom. The number of hydrogen-bond donors (Lipinski definition) is 0. The van der Waals surface area contributed by atoms with Crippen LogP contribution in [0.5, 0.6) is 0 Å². The Morgan fingerprint density at radius 3 is 1.43 bits per heavy atom. The second-order valence-electron chi connectivity index (χ2n) is 8.53. The van der Waals surface area contributed by atoms with Gasteiger partial charge in [0.25, 0.3) is 0 Å². The third kappa shape index (κ3) is 3.65. The Balaban J connectivity index is 1.03. The van der Waals surface area contributed by atoms with Crippen LogP contribution >= 0.6 is 23.5 Å². The first-order chi connectivity index (χ1) is 13.9. The summed E-state index contributed by atoms with van der Waals surface area (Å²) >= 11 is 3.64. The second-order valence-corrected chi connectivity index (χ2v) is 10.5. The highest BCUT2D eigenvalue weighted by atomic mass is 32.2. The van der Waals surface area contributed by atoms with Crippen molar-refractivity contribution in [2.75, 3.05) is 11.5 Å². The molecule has 6 nitrogen and oxygen atoms in total. The summed E-state index contributed by atoms with van der Waals surface area (Å²) in [4.78, 5) is 0. The Hall–Kier alpha value is -1.28. The maximum Gasteiger partial charge on any atom is 0.191 e. The summed E-state index contributed by atoms with van der Waals surface area (Å²) < 4.78 is 4.87. The van der Waals surface area contributed by atoms with Crippen LogP contribution in [0.15, 0.2) is 22.5 Å². The maximum absolute atomic E-state index is 4.49. The molecule has 2 aromatic rings. The van der Waals surface area contributed by atoms with Crippen LogP contribution in [-0.2, 0) is 0 Å². The minimum absolute atomic E-state index is 0.669. The first-order valence-electron chi connectivity index (χ1n) is 10.7. The average Bonchev–Trinajstić information content (AvgIpc) is 3.53. The molecule has 8 heteroatoms. The first-order valence-corrected chi connectivity index (χ1v) is 12.7. The molecule has 6 rings (SSSR count). The highest BCUT2D eigenvalue weighted by molar-refractivity contribution is 7.99. The minimum Gasteiger partial charge on any atom is -0.303 e. The summed E-state index contributed by atoms with van der Waals surface area (Å²) in [5, 5.41) is 20.2. The van der Waals surface area contributed by atoms with Crippen LogP contribution in [0.25, 0.3) is 0 Å².